The summed E-state index contributed by atoms with van der Waals surface area (Å²) in [5, 5.41) is 2.33. The summed E-state index contributed by atoms with van der Waals surface area (Å²) in [5.41, 5.74) is -0.498. The van der Waals surface area contributed by atoms with Crippen molar-refractivity contribution in [1.29, 1.82) is 0 Å². The number of nitrogens with one attached hydrogen (secondary N) is 1. The molecule has 1 fully saturated rings. The van der Waals surface area contributed by atoms with Crippen molar-refractivity contribution in [2.45, 2.75) is 38.8 Å². The molecule has 0 bridgehead atoms. The highest BCUT2D eigenvalue weighted by Crippen LogP contribution is 2.31. The van der Waals surface area contributed by atoms with E-state index in [1.165, 1.54) is 11.0 Å². The summed E-state index contributed by atoms with van der Waals surface area (Å²) < 4.78 is 14.6. The van der Waals surface area contributed by atoms with E-state index in [2.05, 4.69) is 21.2 Å². The molecule has 20 heavy (non-hydrogen) atoms. The molecule has 0 aromatic heterocycles. The molecule has 0 aliphatic carbocycles. The van der Waals surface area contributed by atoms with Crippen molar-refractivity contribution in [1.82, 2.24) is 10.2 Å². The van der Waals surface area contributed by atoms with Gasteiger partial charge in [-0.3, -0.25) is 10.1 Å². The van der Waals surface area contributed by atoms with E-state index in [1.807, 2.05) is 13.8 Å². The Kier molecular flexibility index (Phi) is 4.13. The average molecular weight is 343 g/mol. The predicted molar refractivity (Wildman–Crippen MR) is 76.5 cm³/mol. The molecule has 1 N–H and O–H groups in total. The highest BCUT2D eigenvalue weighted by molar-refractivity contribution is 9.10. The van der Waals surface area contributed by atoms with Gasteiger partial charge in [0.2, 0.25) is 0 Å². The average Bonchev–Trinajstić information content (AvgIpc) is 2.65. The third-order valence-electron chi connectivity index (χ3n) is 3.91. The van der Waals surface area contributed by atoms with Gasteiger partial charge in [-0.2, -0.15) is 0 Å². The number of carbonyl (C=O) groups is 2. The van der Waals surface area contributed by atoms with Crippen LogP contribution in [-0.2, 0) is 11.3 Å². The first-order chi connectivity index (χ1) is 9.44. The zero-order chi connectivity index (χ0) is 14.9. The molecule has 6 heteroatoms. The second-order valence-corrected chi connectivity index (χ2v) is 5.74. The van der Waals surface area contributed by atoms with E-state index in [0.29, 0.717) is 18.4 Å². The second-order valence-electron chi connectivity index (χ2n) is 4.82. The Morgan fingerprint density at radius 2 is 1.95 bits per heavy atom. The van der Waals surface area contributed by atoms with E-state index in [-0.39, 0.29) is 18.3 Å². The number of nitrogens with zero attached hydrogens (tertiary/aromatic N) is 1. The number of amides is 3. The summed E-state index contributed by atoms with van der Waals surface area (Å²) in [6.07, 6.45) is 0.993. The molecule has 3 amide bonds. The third kappa shape index (κ3) is 2.32. The minimum absolute atomic E-state index is 0.0739. The molecule has 0 spiro atoms. The van der Waals surface area contributed by atoms with E-state index in [9.17, 15) is 14.0 Å². The van der Waals surface area contributed by atoms with Crippen LogP contribution in [0.3, 0.4) is 0 Å². The van der Waals surface area contributed by atoms with Crippen LogP contribution < -0.4 is 5.32 Å². The first-order valence-corrected chi connectivity index (χ1v) is 7.31. The van der Waals surface area contributed by atoms with Crippen molar-refractivity contribution < 1.29 is 14.0 Å². The lowest BCUT2D eigenvalue weighted by atomic mass is 9.91. The molecule has 108 valence electrons. The number of hydrogen-bond acceptors (Lipinski definition) is 2. The van der Waals surface area contributed by atoms with Crippen molar-refractivity contribution >= 4 is 27.9 Å². The molecule has 1 saturated heterocycles. The summed E-state index contributed by atoms with van der Waals surface area (Å²) in [5.74, 6) is -0.690. The van der Waals surface area contributed by atoms with Gasteiger partial charge in [0.05, 0.1) is 6.54 Å². The van der Waals surface area contributed by atoms with Crippen LogP contribution in [0.15, 0.2) is 22.7 Å². The van der Waals surface area contributed by atoms with Crippen LogP contribution in [0.1, 0.15) is 32.3 Å². The molecular weight excluding hydrogens is 327 g/mol. The monoisotopic (exact) mass is 342 g/mol. The first-order valence-electron chi connectivity index (χ1n) is 6.51. The number of benzene rings is 1. The molecule has 1 aliphatic rings. The fourth-order valence-corrected chi connectivity index (χ4v) is 3.02. The van der Waals surface area contributed by atoms with Gasteiger partial charge in [-0.25, -0.2) is 9.18 Å². The number of rotatable bonds is 4. The lowest BCUT2D eigenvalue weighted by Gasteiger charge is -2.33. The van der Waals surface area contributed by atoms with Gasteiger partial charge in [0.15, 0.2) is 0 Å². The number of hydrogen-bond donors (Lipinski definition) is 1. The van der Waals surface area contributed by atoms with Crippen molar-refractivity contribution in [2.24, 2.45) is 0 Å². The lowest BCUT2D eigenvalue weighted by Crippen LogP contribution is -2.48. The summed E-state index contributed by atoms with van der Waals surface area (Å²) >= 11 is 3.28. The van der Waals surface area contributed by atoms with E-state index in [4.69, 9.17) is 0 Å². The molecule has 1 heterocycles. The molecule has 0 radical (unpaired) electrons. The maximum atomic E-state index is 13.8. The molecule has 0 unspecified atom stereocenters. The van der Waals surface area contributed by atoms with Crippen molar-refractivity contribution in [3.05, 3.63) is 34.1 Å². The molecule has 1 aromatic rings. The van der Waals surface area contributed by atoms with Gasteiger partial charge in [0.25, 0.3) is 5.91 Å². The van der Waals surface area contributed by atoms with Crippen LogP contribution in [-0.4, -0.2) is 22.4 Å². The maximum Gasteiger partial charge on any atom is 0.325 e. The van der Waals surface area contributed by atoms with E-state index in [0.717, 1.165) is 4.47 Å². The number of halogens is 2. The number of urea groups is 1. The quantitative estimate of drug-likeness (QED) is 0.854. The molecule has 0 atom stereocenters. The van der Waals surface area contributed by atoms with Crippen LogP contribution >= 0.6 is 15.9 Å². The fraction of sp³-hybridized carbons (Fsp3) is 0.429. The van der Waals surface area contributed by atoms with Crippen LogP contribution in [0.25, 0.3) is 0 Å². The molecule has 1 aromatic carbocycles. The Morgan fingerprint density at radius 3 is 2.55 bits per heavy atom. The zero-order valence-electron chi connectivity index (χ0n) is 11.4. The van der Waals surface area contributed by atoms with Gasteiger partial charge >= 0.3 is 6.03 Å². The SMILES string of the molecule is CCC1(CC)C(=O)NC(=O)N1Cc1cc(Br)ccc1F. The van der Waals surface area contributed by atoms with Crippen LogP contribution in [0, 0.1) is 5.82 Å². The molecule has 4 nitrogen and oxygen atoms in total. The van der Waals surface area contributed by atoms with E-state index in [1.54, 1.807) is 12.1 Å². The largest absolute Gasteiger partial charge is 0.325 e. The van der Waals surface area contributed by atoms with Crippen molar-refractivity contribution in [3.8, 4) is 0 Å². The highest BCUT2D eigenvalue weighted by Gasteiger charge is 2.50. The van der Waals surface area contributed by atoms with Crippen LogP contribution in [0.2, 0.25) is 0 Å². The van der Waals surface area contributed by atoms with Crippen molar-refractivity contribution in [2.75, 3.05) is 0 Å². The lowest BCUT2D eigenvalue weighted by molar-refractivity contribution is -0.127. The standard InChI is InChI=1S/C14H16BrFN2O2/c1-3-14(4-2)12(19)17-13(20)18(14)8-9-7-10(15)5-6-11(9)16/h5-7H,3-4,8H2,1-2H3,(H,17,19,20). The fourth-order valence-electron chi connectivity index (χ4n) is 2.61. The normalized spacial score (nSPS) is 17.5. The minimum atomic E-state index is -0.883. The van der Waals surface area contributed by atoms with Gasteiger partial charge < -0.3 is 4.90 Å². The summed E-state index contributed by atoms with van der Waals surface area (Å²) in [6, 6.07) is 4.11. The first kappa shape index (κ1) is 15.0. The Labute approximate surface area is 125 Å². The Morgan fingerprint density at radius 1 is 1.30 bits per heavy atom. The Bertz CT molecular complexity index is 558. The Balaban J connectivity index is 2.37. The second kappa shape index (κ2) is 5.52. The predicted octanol–water partition coefficient (Wildman–Crippen LogP) is 3.20. The summed E-state index contributed by atoms with van der Waals surface area (Å²) in [7, 11) is 0. The van der Waals surface area contributed by atoms with Gasteiger partial charge in [0, 0.05) is 10.0 Å². The molecule has 0 saturated carbocycles. The minimum Gasteiger partial charge on any atom is -0.305 e. The topological polar surface area (TPSA) is 49.4 Å². The number of carbonyl (C=O) groups excluding carboxylic acids is 2. The van der Waals surface area contributed by atoms with Crippen LogP contribution in [0.5, 0.6) is 0 Å². The van der Waals surface area contributed by atoms with Crippen molar-refractivity contribution in [3.63, 3.8) is 0 Å². The van der Waals surface area contributed by atoms with Crippen LogP contribution in [0.4, 0.5) is 9.18 Å². The zero-order valence-corrected chi connectivity index (χ0v) is 13.0. The van der Waals surface area contributed by atoms with Gasteiger partial charge in [0.1, 0.15) is 11.4 Å². The van der Waals surface area contributed by atoms with Gasteiger partial charge in [-0.1, -0.05) is 29.8 Å². The summed E-state index contributed by atoms with van der Waals surface area (Å²) in [6.45, 7) is 3.78. The molecule has 2 rings (SSSR count). The molecule has 1 aliphatic heterocycles. The number of imide groups is 1. The van der Waals surface area contributed by atoms with Gasteiger partial charge in [-0.05, 0) is 31.0 Å². The molecular formula is C14H16BrFN2O2. The third-order valence-corrected chi connectivity index (χ3v) is 4.40. The maximum absolute atomic E-state index is 13.8. The summed E-state index contributed by atoms with van der Waals surface area (Å²) in [4.78, 5) is 25.5. The van der Waals surface area contributed by atoms with Gasteiger partial charge in [-0.15, -0.1) is 0 Å². The highest BCUT2D eigenvalue weighted by atomic mass is 79.9. The smallest absolute Gasteiger partial charge is 0.305 e. The van der Waals surface area contributed by atoms with E-state index < -0.39 is 11.6 Å². The Hall–Kier alpha value is -1.43. The van der Waals surface area contributed by atoms with E-state index >= 15 is 0 Å².